The molecule has 1 atom stereocenters. The van der Waals surface area contributed by atoms with Gasteiger partial charge in [0.15, 0.2) is 15.4 Å². The Balaban J connectivity index is 1.65. The first-order valence-corrected chi connectivity index (χ1v) is 8.87. The zero-order valence-electron chi connectivity index (χ0n) is 12.7. The van der Waals surface area contributed by atoms with Crippen LogP contribution in [-0.2, 0) is 18.4 Å². The average Bonchev–Trinajstić information content (AvgIpc) is 3.23. The van der Waals surface area contributed by atoms with Gasteiger partial charge in [0.25, 0.3) is 0 Å². The van der Waals surface area contributed by atoms with Gasteiger partial charge in [0.1, 0.15) is 12.1 Å². The molecule has 4 rings (SSSR count). The quantitative estimate of drug-likeness (QED) is 0.730. The van der Waals surface area contributed by atoms with Gasteiger partial charge < -0.3 is 20.0 Å². The standard InChI is InChI=1S/C14H14N6O2S2/c1-20-6-17-19-14(20)23-11-3-2-9(22-11)7-4-10(21)16-5-8-12(7)24-13(15)18-8/h2-3,6-7H,4-5H2,1H3,(H2,15,18)(H,16,21)/t7-/m0/s1. The van der Waals surface area contributed by atoms with Crippen LogP contribution in [0.1, 0.15) is 28.7 Å². The van der Waals surface area contributed by atoms with Crippen molar-refractivity contribution in [1.82, 2.24) is 25.1 Å². The monoisotopic (exact) mass is 362 g/mol. The van der Waals surface area contributed by atoms with Crippen molar-refractivity contribution in [1.29, 1.82) is 0 Å². The maximum absolute atomic E-state index is 12.0. The summed E-state index contributed by atoms with van der Waals surface area (Å²) in [4.78, 5) is 17.3. The summed E-state index contributed by atoms with van der Waals surface area (Å²) in [6, 6.07) is 3.77. The van der Waals surface area contributed by atoms with Crippen LogP contribution in [0.15, 0.2) is 33.1 Å². The van der Waals surface area contributed by atoms with Crippen LogP contribution in [0.25, 0.3) is 0 Å². The van der Waals surface area contributed by atoms with Gasteiger partial charge in [-0.1, -0.05) is 0 Å². The summed E-state index contributed by atoms with van der Waals surface area (Å²) in [6.45, 7) is 0.402. The molecule has 0 spiro atoms. The van der Waals surface area contributed by atoms with Gasteiger partial charge >= 0.3 is 0 Å². The Morgan fingerprint density at radius 3 is 3.17 bits per heavy atom. The minimum atomic E-state index is -0.175. The second-order valence-corrected chi connectivity index (χ2v) is 7.41. The lowest BCUT2D eigenvalue weighted by atomic mass is 10.00. The van der Waals surface area contributed by atoms with Crippen LogP contribution in [0.3, 0.4) is 0 Å². The molecule has 0 saturated heterocycles. The van der Waals surface area contributed by atoms with Crippen LogP contribution < -0.4 is 11.1 Å². The van der Waals surface area contributed by atoms with Crippen LogP contribution in [-0.4, -0.2) is 25.7 Å². The fourth-order valence-corrected chi connectivity index (χ4v) is 4.27. The van der Waals surface area contributed by atoms with Crippen LogP contribution in [0.4, 0.5) is 5.13 Å². The number of nitrogens with zero attached hydrogens (tertiary/aromatic N) is 4. The number of nitrogens with one attached hydrogen (secondary N) is 1. The minimum Gasteiger partial charge on any atom is -0.454 e. The fourth-order valence-electron chi connectivity index (χ4n) is 2.58. The van der Waals surface area contributed by atoms with Crippen LogP contribution in [0, 0.1) is 0 Å². The van der Waals surface area contributed by atoms with E-state index in [1.807, 2.05) is 23.7 Å². The van der Waals surface area contributed by atoms with Crippen molar-refractivity contribution in [3.8, 4) is 0 Å². The molecule has 0 unspecified atom stereocenters. The van der Waals surface area contributed by atoms with Crippen molar-refractivity contribution < 1.29 is 9.21 Å². The van der Waals surface area contributed by atoms with Crippen LogP contribution >= 0.6 is 23.1 Å². The van der Waals surface area contributed by atoms with Gasteiger partial charge in [-0.2, -0.15) is 0 Å². The lowest BCUT2D eigenvalue weighted by molar-refractivity contribution is -0.121. The number of carbonyl (C=O) groups excluding carboxylic acids is 1. The second kappa shape index (κ2) is 5.95. The highest BCUT2D eigenvalue weighted by atomic mass is 32.2. The number of hydrogen-bond donors (Lipinski definition) is 2. The van der Waals surface area contributed by atoms with Gasteiger partial charge in [-0.05, 0) is 23.9 Å². The van der Waals surface area contributed by atoms with E-state index in [-0.39, 0.29) is 11.8 Å². The van der Waals surface area contributed by atoms with Crippen molar-refractivity contribution in [3.63, 3.8) is 0 Å². The Morgan fingerprint density at radius 1 is 1.50 bits per heavy atom. The molecule has 3 aromatic rings. The Morgan fingerprint density at radius 2 is 2.38 bits per heavy atom. The van der Waals surface area contributed by atoms with Gasteiger partial charge in [-0.3, -0.25) is 4.79 Å². The van der Waals surface area contributed by atoms with E-state index in [4.69, 9.17) is 10.2 Å². The number of thiazole rings is 1. The van der Waals surface area contributed by atoms with E-state index in [1.165, 1.54) is 23.1 Å². The normalized spacial score (nSPS) is 17.4. The SMILES string of the molecule is Cn1cnnc1Sc1ccc([C@@H]2CC(=O)NCc3nc(N)sc32)o1. The molecule has 1 aliphatic heterocycles. The molecule has 8 nitrogen and oxygen atoms in total. The summed E-state index contributed by atoms with van der Waals surface area (Å²) in [7, 11) is 1.87. The number of carbonyl (C=O) groups is 1. The molecular formula is C14H14N6O2S2. The molecule has 0 bridgehead atoms. The van der Waals surface area contributed by atoms with E-state index in [0.717, 1.165) is 21.5 Å². The fraction of sp³-hybridized carbons (Fsp3) is 0.286. The van der Waals surface area contributed by atoms with Gasteiger partial charge in [0.05, 0.1) is 18.2 Å². The van der Waals surface area contributed by atoms with Crippen molar-refractivity contribution in [2.45, 2.75) is 29.1 Å². The summed E-state index contributed by atoms with van der Waals surface area (Å²) < 4.78 is 7.77. The number of rotatable bonds is 3. The summed E-state index contributed by atoms with van der Waals surface area (Å²) >= 11 is 2.79. The second-order valence-electron chi connectivity index (χ2n) is 5.38. The van der Waals surface area contributed by atoms with E-state index in [0.29, 0.717) is 23.2 Å². The summed E-state index contributed by atoms with van der Waals surface area (Å²) in [5.74, 6) is 0.524. The molecular weight excluding hydrogens is 348 g/mol. The molecule has 24 heavy (non-hydrogen) atoms. The Labute approximate surface area is 145 Å². The first-order chi connectivity index (χ1) is 11.6. The first kappa shape index (κ1) is 15.2. The highest BCUT2D eigenvalue weighted by molar-refractivity contribution is 7.99. The number of nitrogen functional groups attached to an aromatic ring is 1. The third kappa shape index (κ3) is 2.78. The number of furan rings is 1. The third-order valence-electron chi connectivity index (χ3n) is 3.71. The third-order valence-corrected chi connectivity index (χ3v) is 5.72. The average molecular weight is 362 g/mol. The van der Waals surface area contributed by atoms with Crippen molar-refractivity contribution in [3.05, 3.63) is 34.8 Å². The van der Waals surface area contributed by atoms with Crippen molar-refractivity contribution in [2.75, 3.05) is 5.73 Å². The topological polar surface area (TPSA) is 112 Å². The predicted octanol–water partition coefficient (Wildman–Crippen LogP) is 1.75. The van der Waals surface area contributed by atoms with E-state index in [2.05, 4.69) is 20.5 Å². The molecule has 0 radical (unpaired) electrons. The molecule has 124 valence electrons. The highest BCUT2D eigenvalue weighted by Crippen LogP contribution is 2.39. The maximum atomic E-state index is 12.0. The smallest absolute Gasteiger partial charge is 0.221 e. The highest BCUT2D eigenvalue weighted by Gasteiger charge is 2.30. The van der Waals surface area contributed by atoms with E-state index in [9.17, 15) is 4.79 Å². The summed E-state index contributed by atoms with van der Waals surface area (Å²) in [5, 5.41) is 12.7. The molecule has 0 aromatic carbocycles. The van der Waals surface area contributed by atoms with Crippen molar-refractivity contribution >= 4 is 34.1 Å². The largest absolute Gasteiger partial charge is 0.454 e. The summed E-state index contributed by atoms with van der Waals surface area (Å²) in [6.07, 6.45) is 1.95. The van der Waals surface area contributed by atoms with Crippen LogP contribution in [0.2, 0.25) is 0 Å². The lowest BCUT2D eigenvalue weighted by Gasteiger charge is -2.09. The molecule has 0 fully saturated rings. The molecule has 3 aromatic heterocycles. The Kier molecular flexibility index (Phi) is 3.77. The molecule has 0 aliphatic carbocycles. The van der Waals surface area contributed by atoms with Gasteiger partial charge in [0.2, 0.25) is 5.91 Å². The zero-order valence-corrected chi connectivity index (χ0v) is 14.4. The van der Waals surface area contributed by atoms with Crippen molar-refractivity contribution in [2.24, 2.45) is 7.05 Å². The lowest BCUT2D eigenvalue weighted by Crippen LogP contribution is -2.21. The maximum Gasteiger partial charge on any atom is 0.221 e. The molecule has 0 saturated carbocycles. The minimum absolute atomic E-state index is 0.0253. The molecule has 1 aliphatic rings. The molecule has 10 heteroatoms. The Bertz CT molecular complexity index is 899. The number of hydrogen-bond acceptors (Lipinski definition) is 8. The number of anilines is 1. The first-order valence-electron chi connectivity index (χ1n) is 7.23. The molecule has 1 amide bonds. The number of fused-ring (bicyclic) bond motifs is 1. The molecule has 4 heterocycles. The number of aryl methyl sites for hydroxylation is 1. The number of aromatic nitrogens is 4. The van der Waals surface area contributed by atoms with E-state index < -0.39 is 0 Å². The van der Waals surface area contributed by atoms with Gasteiger partial charge in [0, 0.05) is 18.3 Å². The summed E-state index contributed by atoms with van der Waals surface area (Å²) in [5.41, 5.74) is 6.65. The number of amides is 1. The Hall–Kier alpha value is -2.33. The zero-order chi connectivity index (χ0) is 16.7. The van der Waals surface area contributed by atoms with Crippen LogP contribution in [0.5, 0.6) is 0 Å². The number of nitrogens with two attached hydrogens (primary N) is 1. The van der Waals surface area contributed by atoms with E-state index in [1.54, 1.807) is 6.33 Å². The van der Waals surface area contributed by atoms with Gasteiger partial charge in [-0.15, -0.1) is 21.5 Å². The predicted molar refractivity (Wildman–Crippen MR) is 88.7 cm³/mol. The van der Waals surface area contributed by atoms with Gasteiger partial charge in [-0.25, -0.2) is 4.98 Å². The molecule has 3 N–H and O–H groups in total. The van der Waals surface area contributed by atoms with E-state index >= 15 is 0 Å².